The van der Waals surface area contributed by atoms with Crippen LogP contribution in [0.1, 0.15) is 88.0 Å². The van der Waals surface area contributed by atoms with Crippen LogP contribution in [0.4, 0.5) is 0 Å². The highest BCUT2D eigenvalue weighted by Crippen LogP contribution is 2.53. The predicted molar refractivity (Wildman–Crippen MR) is 207 cm³/mol. The molecule has 16 nitrogen and oxygen atoms in total. The van der Waals surface area contributed by atoms with Gasteiger partial charge in [-0.1, -0.05) is 26.7 Å². The molecule has 0 radical (unpaired) electrons. The summed E-state index contributed by atoms with van der Waals surface area (Å²) in [7, 11) is 5.09. The lowest BCUT2D eigenvalue weighted by atomic mass is 9.62. The van der Waals surface area contributed by atoms with Crippen molar-refractivity contribution in [2.75, 3.05) is 34.4 Å². The Morgan fingerprint density at radius 3 is 2.24 bits per heavy atom. The first-order valence-electron chi connectivity index (χ1n) is 20.5. The number of methoxy groups -OCH3 is 1. The molecule has 0 amide bonds. The lowest BCUT2D eigenvalue weighted by Crippen LogP contribution is -2.63. The summed E-state index contributed by atoms with van der Waals surface area (Å²) >= 11 is 0. The van der Waals surface area contributed by atoms with E-state index in [1.54, 1.807) is 48.5 Å². The summed E-state index contributed by atoms with van der Waals surface area (Å²) in [6, 6.07) is -1.25. The highest BCUT2D eigenvalue weighted by Gasteiger charge is 2.69. The summed E-state index contributed by atoms with van der Waals surface area (Å²) in [5.74, 6) is -3.07. The van der Waals surface area contributed by atoms with E-state index < -0.39 is 125 Å². The number of hydrogen-bond acceptors (Lipinski definition) is 16. The van der Waals surface area contributed by atoms with Crippen molar-refractivity contribution in [1.82, 2.24) is 10.2 Å². The van der Waals surface area contributed by atoms with Crippen molar-refractivity contribution in [3.63, 3.8) is 0 Å². The molecular weight excluding hydrogens is 756 g/mol. The van der Waals surface area contributed by atoms with Crippen LogP contribution in [-0.2, 0) is 57.1 Å². The molecule has 18 atom stereocenters. The molecule has 0 bridgehead atoms. The Kier molecular flexibility index (Phi) is 14.0. The molecule has 5 saturated heterocycles. The van der Waals surface area contributed by atoms with Gasteiger partial charge in [-0.3, -0.25) is 19.2 Å². The molecule has 5 aliphatic heterocycles. The second kappa shape index (κ2) is 17.4. The molecule has 0 aromatic heterocycles. The smallest absolute Gasteiger partial charge is 0.324 e. The third kappa shape index (κ3) is 8.38. The van der Waals surface area contributed by atoms with Crippen LogP contribution >= 0.6 is 0 Å². The molecule has 0 saturated carbocycles. The van der Waals surface area contributed by atoms with E-state index in [2.05, 4.69) is 11.2 Å². The maximum Gasteiger partial charge on any atom is 0.324 e. The molecule has 5 aliphatic rings. The third-order valence-corrected chi connectivity index (χ3v) is 13.6. The number of esters is 2. The molecule has 5 unspecified atom stereocenters. The van der Waals surface area contributed by atoms with E-state index in [1.165, 1.54) is 14.0 Å². The number of carbonyl (C=O) groups is 4. The fraction of sp³-hybridized carbons (Fsp3) is 0.857. The number of Topliss-reactive ketones (excluding diaryl/α,β-unsaturated/α-hetero) is 2. The maximum atomic E-state index is 15.2. The van der Waals surface area contributed by atoms with Crippen molar-refractivity contribution in [2.45, 2.75) is 172 Å². The zero-order chi connectivity index (χ0) is 43.3. The second-order valence-electron chi connectivity index (χ2n) is 18.2. The van der Waals surface area contributed by atoms with Crippen LogP contribution in [0, 0.1) is 35.5 Å². The minimum Gasteiger partial charge on any atom is -0.458 e. The maximum absolute atomic E-state index is 15.2. The minimum atomic E-state index is -1.71. The molecule has 3 N–H and O–H groups in total. The van der Waals surface area contributed by atoms with Crippen molar-refractivity contribution < 1.29 is 67.3 Å². The normalized spacial score (nSPS) is 47.9. The number of likely N-dealkylation sites (N-methyl/N-ethyl adjacent to an activating group) is 1. The minimum absolute atomic E-state index is 0.0427. The second-order valence-corrected chi connectivity index (χ2v) is 18.2. The lowest BCUT2D eigenvalue weighted by Gasteiger charge is -2.49. The van der Waals surface area contributed by atoms with Gasteiger partial charge in [0.1, 0.15) is 54.9 Å². The number of nitrogens with one attached hydrogen (secondary N) is 1. The van der Waals surface area contributed by atoms with Gasteiger partial charge in [-0.05, 0) is 74.9 Å². The van der Waals surface area contributed by atoms with E-state index >= 15 is 9.59 Å². The zero-order valence-corrected chi connectivity index (χ0v) is 36.1. The van der Waals surface area contributed by atoms with Crippen molar-refractivity contribution in [1.29, 1.82) is 0 Å². The predicted octanol–water partition coefficient (Wildman–Crippen LogP) is 1.54. The van der Waals surface area contributed by atoms with E-state index in [1.807, 2.05) is 25.9 Å². The van der Waals surface area contributed by atoms with Gasteiger partial charge in [0, 0.05) is 43.4 Å². The van der Waals surface area contributed by atoms with E-state index in [9.17, 15) is 19.8 Å². The van der Waals surface area contributed by atoms with Gasteiger partial charge in [0.2, 0.25) is 0 Å². The molecule has 328 valence electrons. The quantitative estimate of drug-likeness (QED) is 0.172. The Morgan fingerprint density at radius 2 is 1.64 bits per heavy atom. The van der Waals surface area contributed by atoms with E-state index in [-0.39, 0.29) is 38.2 Å². The van der Waals surface area contributed by atoms with Crippen LogP contribution in [0.15, 0.2) is 0 Å². The van der Waals surface area contributed by atoms with E-state index in [4.69, 9.17) is 44.3 Å². The number of terminal acetylenes is 1. The Bertz CT molecular complexity index is 1590. The number of hydrogen-bond donors (Lipinski definition) is 3. The summed E-state index contributed by atoms with van der Waals surface area (Å²) in [6.07, 6.45) is -3.98. The number of ketones is 2. The molecular formula is C42H66N2O14. The number of nitrogens with zero attached hydrogens (tertiary/aromatic N) is 1. The van der Waals surface area contributed by atoms with Crippen LogP contribution in [0.3, 0.4) is 0 Å². The number of ether oxygens (including phenoxy) is 8. The average Bonchev–Trinajstić information content (AvgIpc) is 3.67. The first kappa shape index (κ1) is 46.5. The Morgan fingerprint density at radius 1 is 0.966 bits per heavy atom. The number of cyclic esters (lactones) is 1. The number of aliphatic hydroxyl groups is 2. The summed E-state index contributed by atoms with van der Waals surface area (Å²) in [4.78, 5) is 59.8. The van der Waals surface area contributed by atoms with Crippen LogP contribution in [0.25, 0.3) is 0 Å². The average molecular weight is 823 g/mol. The molecule has 5 heterocycles. The molecule has 58 heavy (non-hydrogen) atoms. The summed E-state index contributed by atoms with van der Waals surface area (Å²) in [6.45, 7) is 15.0. The zero-order valence-electron chi connectivity index (χ0n) is 36.1. The number of aliphatic hydroxyl groups excluding tert-OH is 2. The van der Waals surface area contributed by atoms with E-state index in [0.29, 0.717) is 6.42 Å². The molecule has 0 aliphatic carbocycles. The Hall–Kier alpha value is -2.56. The molecule has 5 rings (SSSR count). The van der Waals surface area contributed by atoms with Crippen molar-refractivity contribution in [2.24, 2.45) is 23.2 Å². The largest absolute Gasteiger partial charge is 0.458 e. The molecule has 16 heteroatoms. The summed E-state index contributed by atoms with van der Waals surface area (Å²) in [5.41, 5.74) is -5.44. The van der Waals surface area contributed by atoms with Gasteiger partial charge in [0.05, 0.1) is 23.4 Å². The van der Waals surface area contributed by atoms with Gasteiger partial charge in [-0.2, -0.15) is 0 Å². The standard InChI is InChI=1S/C42H66N2O14/c1-14-16-52-41(9)18-21(3)33(47)39(7)20-43-28-32(39)42(10,58-37(28)50)26(15-2)55-36(49)23(5)29(45)31(56-27-19-40(8,51-13)34(48)24(6)54-27)35(41)57-38-30(46)25(44(11)12)17-22(4)53-38/h1,21-28,30-32,34-35,38,43,46,48H,15-20H2,2-13H3/t21-,22-,23-,24+,25+,26+,27?,28?,30-,31+,32?,34+,35-,38+,39?,40?,41+,42-/m1/s1. The van der Waals surface area contributed by atoms with Gasteiger partial charge in [-0.15, -0.1) is 6.42 Å². The topological polar surface area (TPSA) is 198 Å². The molecule has 0 aromatic carbocycles. The first-order valence-corrected chi connectivity index (χ1v) is 20.5. The molecule has 0 spiro atoms. The third-order valence-electron chi connectivity index (χ3n) is 13.6. The Labute approximate surface area is 342 Å². The number of carbonyl (C=O) groups excluding carboxylic acids is 4. The first-order chi connectivity index (χ1) is 27.0. The highest BCUT2D eigenvalue weighted by molar-refractivity contribution is 6.01. The fourth-order valence-electron chi connectivity index (χ4n) is 10.3. The van der Waals surface area contributed by atoms with Crippen LogP contribution < -0.4 is 5.32 Å². The van der Waals surface area contributed by atoms with Crippen LogP contribution in [0.5, 0.6) is 0 Å². The lowest BCUT2D eigenvalue weighted by molar-refractivity contribution is -0.328. The van der Waals surface area contributed by atoms with Gasteiger partial charge in [-0.25, -0.2) is 0 Å². The summed E-state index contributed by atoms with van der Waals surface area (Å²) < 4.78 is 50.2. The summed E-state index contributed by atoms with van der Waals surface area (Å²) in [5, 5.41) is 26.0. The SMILES string of the molecule is C#CCO[C@@]1(C)C[C@@H](C)C(=O)C2(C)CNC3C(=O)O[C@@](C)(C32)[C@H](CC)OC(=O)[C@H](C)C(=O)[C@H](OC2CC(C)(OC)[C@@H](O)[C@H](C)O2)[C@H]1O[C@@H]1O[C@H](C)C[C@H](N(C)C)[C@H]1O. The van der Waals surface area contributed by atoms with Gasteiger partial charge >= 0.3 is 11.9 Å². The molecule has 5 fully saturated rings. The number of rotatable bonds is 9. The van der Waals surface area contributed by atoms with Crippen molar-refractivity contribution in [3.05, 3.63) is 0 Å². The highest BCUT2D eigenvalue weighted by atomic mass is 16.7. The van der Waals surface area contributed by atoms with Gasteiger partial charge < -0.3 is 58.3 Å². The van der Waals surface area contributed by atoms with Crippen LogP contribution in [0.2, 0.25) is 0 Å². The fourth-order valence-corrected chi connectivity index (χ4v) is 10.3. The van der Waals surface area contributed by atoms with Crippen molar-refractivity contribution >= 4 is 23.5 Å². The monoisotopic (exact) mass is 822 g/mol. The van der Waals surface area contributed by atoms with Crippen molar-refractivity contribution in [3.8, 4) is 12.3 Å². The van der Waals surface area contributed by atoms with E-state index in [0.717, 1.165) is 0 Å². The van der Waals surface area contributed by atoms with Gasteiger partial charge in [0.15, 0.2) is 24.0 Å². The van der Waals surface area contributed by atoms with Gasteiger partial charge in [0.25, 0.3) is 0 Å². The van der Waals surface area contributed by atoms with Crippen LogP contribution in [-0.4, -0.2) is 157 Å². The Balaban J connectivity index is 1.71. The molecule has 0 aromatic rings.